The summed E-state index contributed by atoms with van der Waals surface area (Å²) in [6, 6.07) is 14.9. The van der Waals surface area contributed by atoms with Crippen LogP contribution in [0.3, 0.4) is 0 Å². The highest BCUT2D eigenvalue weighted by molar-refractivity contribution is 7.92. The van der Waals surface area contributed by atoms with Crippen LogP contribution in [0.5, 0.6) is 0 Å². The van der Waals surface area contributed by atoms with E-state index in [1.807, 2.05) is 0 Å². The molecule has 0 fully saturated rings. The molecule has 32 heavy (non-hydrogen) atoms. The molecule has 0 aromatic heterocycles. The van der Waals surface area contributed by atoms with Gasteiger partial charge in [-0.1, -0.05) is 23.7 Å². The van der Waals surface area contributed by atoms with Crippen molar-refractivity contribution in [3.05, 3.63) is 97.5 Å². The number of nitrogens with zero attached hydrogens (tertiary/aromatic N) is 3. The molecule has 0 aliphatic carbocycles. The number of para-hydroxylation sites is 1. The van der Waals surface area contributed by atoms with Crippen LogP contribution in [0.2, 0.25) is 5.02 Å². The summed E-state index contributed by atoms with van der Waals surface area (Å²) in [5, 5.41) is 26.7. The van der Waals surface area contributed by atoms with Crippen LogP contribution >= 0.6 is 11.6 Å². The Morgan fingerprint density at radius 2 is 1.56 bits per heavy atom. The molecule has 3 aromatic carbocycles. The molecule has 0 radical (unpaired) electrons. The molecule has 0 spiro atoms. The third kappa shape index (κ3) is 5.36. The highest BCUT2D eigenvalue weighted by Gasteiger charge is 2.21. The number of benzene rings is 3. The average molecular weight is 476 g/mol. The van der Waals surface area contributed by atoms with Crippen molar-refractivity contribution in [2.24, 2.45) is 5.10 Å². The zero-order valence-electron chi connectivity index (χ0n) is 16.0. The summed E-state index contributed by atoms with van der Waals surface area (Å²) >= 11 is 5.77. The van der Waals surface area contributed by atoms with Crippen molar-refractivity contribution in [2.45, 2.75) is 4.90 Å². The van der Waals surface area contributed by atoms with Gasteiger partial charge in [0.2, 0.25) is 0 Å². The summed E-state index contributed by atoms with van der Waals surface area (Å²) in [6.07, 6.45) is 1.13. The molecule has 0 aliphatic heterocycles. The number of rotatable bonds is 8. The molecule has 0 saturated heterocycles. The van der Waals surface area contributed by atoms with Gasteiger partial charge >= 0.3 is 0 Å². The van der Waals surface area contributed by atoms with Crippen LogP contribution in [0.15, 0.2) is 76.7 Å². The van der Waals surface area contributed by atoms with Crippen LogP contribution in [0.25, 0.3) is 0 Å². The van der Waals surface area contributed by atoms with Crippen molar-refractivity contribution >= 4 is 50.6 Å². The number of nitrogens with one attached hydrogen (secondary N) is 2. The number of hydrazone groups is 1. The Morgan fingerprint density at radius 3 is 2.22 bits per heavy atom. The van der Waals surface area contributed by atoms with Gasteiger partial charge in [-0.2, -0.15) is 5.10 Å². The molecule has 0 aliphatic rings. The van der Waals surface area contributed by atoms with E-state index in [1.165, 1.54) is 48.5 Å². The van der Waals surface area contributed by atoms with Crippen LogP contribution in [-0.2, 0) is 10.0 Å². The first-order valence-electron chi connectivity index (χ1n) is 8.77. The smallest absolute Gasteiger partial charge is 0.280 e. The average Bonchev–Trinajstić information content (AvgIpc) is 2.75. The fourth-order valence-electron chi connectivity index (χ4n) is 2.59. The van der Waals surface area contributed by atoms with Gasteiger partial charge in [-0.25, -0.2) is 8.42 Å². The summed E-state index contributed by atoms with van der Waals surface area (Å²) in [4.78, 5) is 20.8. The molecule has 0 atom stereocenters. The molecule has 0 bridgehead atoms. The molecular weight excluding hydrogens is 462 g/mol. The Hall–Kier alpha value is -4.03. The van der Waals surface area contributed by atoms with E-state index in [9.17, 15) is 28.6 Å². The zero-order chi connectivity index (χ0) is 23.3. The van der Waals surface area contributed by atoms with E-state index in [4.69, 9.17) is 11.6 Å². The van der Waals surface area contributed by atoms with Crippen molar-refractivity contribution in [1.82, 2.24) is 0 Å². The van der Waals surface area contributed by atoms with E-state index < -0.39 is 25.6 Å². The Morgan fingerprint density at radius 1 is 0.906 bits per heavy atom. The Kier molecular flexibility index (Phi) is 6.66. The Bertz CT molecular complexity index is 1310. The van der Waals surface area contributed by atoms with Crippen molar-refractivity contribution < 1.29 is 18.3 Å². The molecule has 3 aromatic rings. The van der Waals surface area contributed by atoms with Crippen molar-refractivity contribution in [3.63, 3.8) is 0 Å². The Labute approximate surface area is 186 Å². The molecule has 3 rings (SSSR count). The quantitative estimate of drug-likeness (QED) is 0.277. The van der Waals surface area contributed by atoms with E-state index in [0.717, 1.165) is 18.3 Å². The topological polar surface area (TPSA) is 157 Å². The predicted octanol–water partition coefficient (Wildman–Crippen LogP) is 4.40. The zero-order valence-corrected chi connectivity index (χ0v) is 17.6. The summed E-state index contributed by atoms with van der Waals surface area (Å²) in [5.74, 6) is 0. The highest BCUT2D eigenvalue weighted by Crippen LogP contribution is 2.29. The third-order valence-electron chi connectivity index (χ3n) is 4.09. The van der Waals surface area contributed by atoms with E-state index in [-0.39, 0.29) is 27.5 Å². The van der Waals surface area contributed by atoms with Crippen LogP contribution in [-0.4, -0.2) is 24.5 Å². The lowest BCUT2D eigenvalue weighted by Gasteiger charge is -2.09. The number of hydrogen-bond donors (Lipinski definition) is 2. The molecule has 13 heteroatoms. The van der Waals surface area contributed by atoms with E-state index in [0.29, 0.717) is 5.02 Å². The number of halogens is 1. The summed E-state index contributed by atoms with van der Waals surface area (Å²) in [7, 11) is -4.12. The van der Waals surface area contributed by atoms with Gasteiger partial charge in [-0.3, -0.25) is 30.4 Å². The number of nitro groups is 2. The van der Waals surface area contributed by atoms with E-state index in [1.54, 1.807) is 6.07 Å². The molecule has 2 N–H and O–H groups in total. The van der Waals surface area contributed by atoms with Crippen molar-refractivity contribution in [2.75, 3.05) is 10.1 Å². The number of sulfonamides is 1. The first kappa shape index (κ1) is 22.7. The highest BCUT2D eigenvalue weighted by atomic mass is 35.5. The molecule has 0 saturated carbocycles. The molecule has 0 heterocycles. The van der Waals surface area contributed by atoms with Gasteiger partial charge in [-0.05, 0) is 42.5 Å². The van der Waals surface area contributed by atoms with E-state index in [2.05, 4.69) is 15.2 Å². The maximum absolute atomic E-state index is 12.6. The van der Waals surface area contributed by atoms with Crippen LogP contribution in [0, 0.1) is 20.2 Å². The standard InChI is InChI=1S/C19H14ClN5O6S/c20-14-5-7-15(8-6-14)23-32(30,31)16-9-10-17(19(11-16)25(28)29)22-21-12-13-3-1-2-4-18(13)24(26)27/h1-12,22-23H/b21-12-. The van der Waals surface area contributed by atoms with Gasteiger partial charge in [0.05, 0.1) is 26.5 Å². The van der Waals surface area contributed by atoms with Gasteiger partial charge in [0, 0.05) is 22.8 Å². The summed E-state index contributed by atoms with van der Waals surface area (Å²) in [6.45, 7) is 0. The first-order chi connectivity index (χ1) is 15.2. The lowest BCUT2D eigenvalue weighted by molar-refractivity contribution is -0.385. The molecular formula is C19H14ClN5O6S. The molecule has 0 unspecified atom stereocenters. The molecule has 11 nitrogen and oxygen atoms in total. The third-order valence-corrected chi connectivity index (χ3v) is 5.73. The van der Waals surface area contributed by atoms with Crippen molar-refractivity contribution in [1.29, 1.82) is 0 Å². The monoisotopic (exact) mass is 475 g/mol. The van der Waals surface area contributed by atoms with Gasteiger partial charge in [-0.15, -0.1) is 0 Å². The Balaban J connectivity index is 1.86. The number of nitro benzene ring substituents is 2. The normalized spacial score (nSPS) is 11.3. The summed E-state index contributed by atoms with van der Waals surface area (Å²) in [5.41, 5.74) is 1.98. The molecule has 0 amide bonds. The van der Waals surface area contributed by atoms with Gasteiger partial charge in [0.15, 0.2) is 0 Å². The molecule has 164 valence electrons. The second-order valence-electron chi connectivity index (χ2n) is 6.23. The second kappa shape index (κ2) is 9.41. The number of anilines is 2. The van der Waals surface area contributed by atoms with Crippen molar-refractivity contribution in [3.8, 4) is 0 Å². The van der Waals surface area contributed by atoms with Gasteiger partial charge in [0.25, 0.3) is 21.4 Å². The summed E-state index contributed by atoms with van der Waals surface area (Å²) < 4.78 is 27.5. The van der Waals surface area contributed by atoms with Crippen LogP contribution < -0.4 is 10.1 Å². The lowest BCUT2D eigenvalue weighted by atomic mass is 10.2. The maximum Gasteiger partial charge on any atom is 0.295 e. The fraction of sp³-hybridized carbons (Fsp3) is 0. The lowest BCUT2D eigenvalue weighted by Crippen LogP contribution is -2.13. The predicted molar refractivity (Wildman–Crippen MR) is 120 cm³/mol. The second-order valence-corrected chi connectivity index (χ2v) is 8.35. The maximum atomic E-state index is 12.6. The minimum absolute atomic E-state index is 0.102. The van der Waals surface area contributed by atoms with Gasteiger partial charge in [0.1, 0.15) is 5.69 Å². The van der Waals surface area contributed by atoms with Gasteiger partial charge < -0.3 is 0 Å². The number of hydrogen-bond acceptors (Lipinski definition) is 8. The minimum atomic E-state index is -4.12. The SMILES string of the molecule is O=[N+]([O-])c1ccccc1/C=N\Nc1ccc(S(=O)(=O)Nc2ccc(Cl)cc2)cc1[N+](=O)[O-]. The first-order valence-corrected chi connectivity index (χ1v) is 10.6. The minimum Gasteiger partial charge on any atom is -0.280 e. The largest absolute Gasteiger partial charge is 0.295 e. The fourth-order valence-corrected chi connectivity index (χ4v) is 3.79. The van der Waals surface area contributed by atoms with Crippen LogP contribution in [0.1, 0.15) is 5.56 Å². The van der Waals surface area contributed by atoms with Crippen LogP contribution in [0.4, 0.5) is 22.7 Å². The van der Waals surface area contributed by atoms with E-state index >= 15 is 0 Å².